The number of unbranched alkanes of at least 4 members (excludes halogenated alkanes) is 1. The van der Waals surface area contributed by atoms with Crippen molar-refractivity contribution in [3.05, 3.63) is 191 Å². The van der Waals surface area contributed by atoms with Crippen LogP contribution in [0.2, 0.25) is 0 Å². The third kappa shape index (κ3) is 39.3. The maximum Gasteiger partial charge on any atom is 0.0389 e. The molecule has 0 spiro atoms. The molecule has 450 valence electrons. The number of hydrogen-bond acceptors (Lipinski definition) is 2. The zero-order chi connectivity index (χ0) is 61.4. The summed E-state index contributed by atoms with van der Waals surface area (Å²) >= 11 is 1.84. The smallest absolute Gasteiger partial charge is 0.0389 e. The van der Waals surface area contributed by atoms with Gasteiger partial charge in [0.1, 0.15) is 0 Å². The van der Waals surface area contributed by atoms with Gasteiger partial charge in [-0.05, 0) is 214 Å². The Morgan fingerprint density at radius 2 is 1.34 bits per heavy atom. The van der Waals surface area contributed by atoms with E-state index in [1.165, 1.54) is 164 Å². The first-order valence-corrected chi connectivity index (χ1v) is 33.1. The molecule has 4 atom stereocenters. The summed E-state index contributed by atoms with van der Waals surface area (Å²) in [5, 5.41) is 0. The zero-order valence-corrected chi connectivity index (χ0v) is 57.0. The van der Waals surface area contributed by atoms with E-state index < -0.39 is 0 Å². The maximum atomic E-state index is 6.63. The van der Waals surface area contributed by atoms with E-state index >= 15 is 0 Å². The molecule has 1 nitrogen and oxygen atoms in total. The molecule has 2 N–H and O–H groups in total. The average molecular weight is 1100 g/mol. The Bertz CT molecular complexity index is 2030. The van der Waals surface area contributed by atoms with Crippen LogP contribution in [0.1, 0.15) is 254 Å². The Hall–Kier alpha value is -3.85. The maximum absolute atomic E-state index is 6.63. The van der Waals surface area contributed by atoms with E-state index in [9.17, 15) is 0 Å². The molecule has 4 unspecified atom stereocenters. The molecule has 5 aliphatic carbocycles. The standard InChI is InChI=1S/C20H33N.C19H28S.C15H22.C12H18.C3H6.4C2H6/c1-6-17-8-7-9-18(11-10-17)12-19-16(4)15(3)14(2)13-20(19,5)21;1-15(9-7-8-12-20-6)10-11-18-13-16(2)17(3)14-19(18,4)5;1-13(2)9-7-8-10-14(3)15-11-5-4-6-12-15;1-11(2)7-6-10-12-8-4-3-5-9-12;1-3-2;4*1-2/h12,14,17H,3,6-11,13,21H2,1-2,4-5H3;7-11,13,17H,2,12,14H2,1,3-6H3;5,11-12H,1,3-4,6-10H2,2H3;4,8-9H,1,3,5-7,10H2,2H3;3H,1H2,2H3;4*1-2H3/b;8-7+,11-10+,15-9+;;;;;;;. The number of thioether (sulfide) groups is 1. The first kappa shape index (κ1) is 81.6. The fraction of sp³-hybridized carbons (Fsp3) is 0.584. The Kier molecular flexibility index (Phi) is 52.8. The fourth-order valence-corrected chi connectivity index (χ4v) is 10.2. The predicted molar refractivity (Wildman–Crippen MR) is 374 cm³/mol. The Morgan fingerprint density at radius 3 is 1.87 bits per heavy atom. The summed E-state index contributed by atoms with van der Waals surface area (Å²) in [6.07, 6.45) is 56.6. The summed E-state index contributed by atoms with van der Waals surface area (Å²) in [6, 6.07) is 0. The van der Waals surface area contributed by atoms with Gasteiger partial charge in [-0.25, -0.2) is 0 Å². The molecule has 0 bridgehead atoms. The molecule has 0 aliphatic heterocycles. The van der Waals surface area contributed by atoms with Crippen LogP contribution in [-0.4, -0.2) is 17.5 Å². The third-order valence-corrected chi connectivity index (χ3v) is 15.0. The molecule has 0 heterocycles. The van der Waals surface area contributed by atoms with Crippen molar-refractivity contribution in [3.8, 4) is 0 Å². The lowest BCUT2D eigenvalue weighted by molar-refractivity contribution is 0.350. The summed E-state index contributed by atoms with van der Waals surface area (Å²) < 4.78 is 0. The number of hydrogen-bond donors (Lipinski definition) is 1. The topological polar surface area (TPSA) is 26.0 Å². The highest BCUT2D eigenvalue weighted by Crippen LogP contribution is 2.42. The lowest BCUT2D eigenvalue weighted by Crippen LogP contribution is -2.43. The van der Waals surface area contributed by atoms with Gasteiger partial charge < -0.3 is 5.73 Å². The van der Waals surface area contributed by atoms with Gasteiger partial charge in [0.05, 0.1) is 0 Å². The average Bonchev–Trinajstić information content (AvgIpc) is 3.68. The van der Waals surface area contributed by atoms with Gasteiger partial charge in [0.25, 0.3) is 0 Å². The van der Waals surface area contributed by atoms with Gasteiger partial charge >= 0.3 is 0 Å². The monoisotopic (exact) mass is 1100 g/mol. The van der Waals surface area contributed by atoms with E-state index in [0.29, 0.717) is 11.8 Å². The van der Waals surface area contributed by atoms with Crippen LogP contribution in [-0.2, 0) is 0 Å². The van der Waals surface area contributed by atoms with Crippen LogP contribution in [0, 0.1) is 23.2 Å². The van der Waals surface area contributed by atoms with Crippen molar-refractivity contribution in [2.75, 3.05) is 12.0 Å². The molecule has 0 aromatic heterocycles. The van der Waals surface area contributed by atoms with E-state index in [4.69, 9.17) is 5.73 Å². The van der Waals surface area contributed by atoms with E-state index in [2.05, 4.69) is 194 Å². The Labute approximate surface area is 500 Å². The third-order valence-electron chi connectivity index (χ3n) is 14.5. The normalized spacial score (nSPS) is 21.5. The van der Waals surface area contributed by atoms with Crippen LogP contribution in [0.4, 0.5) is 0 Å². The first-order valence-electron chi connectivity index (χ1n) is 31.7. The molecule has 1 fully saturated rings. The molecule has 0 aromatic rings. The van der Waals surface area contributed by atoms with Crippen molar-refractivity contribution in [2.45, 2.75) is 259 Å². The van der Waals surface area contributed by atoms with Crippen LogP contribution < -0.4 is 5.73 Å². The quantitative estimate of drug-likeness (QED) is 0.0680. The van der Waals surface area contributed by atoms with Gasteiger partial charge in [-0.1, -0.05) is 241 Å². The number of nitrogens with two attached hydrogens (primary N) is 1. The van der Waals surface area contributed by atoms with Gasteiger partial charge in [0.15, 0.2) is 0 Å². The van der Waals surface area contributed by atoms with Gasteiger partial charge in [0, 0.05) is 11.3 Å². The highest BCUT2D eigenvalue weighted by atomic mass is 32.2. The second-order valence-electron chi connectivity index (χ2n) is 22.3. The van der Waals surface area contributed by atoms with Gasteiger partial charge in [-0.3, -0.25) is 0 Å². The highest BCUT2D eigenvalue weighted by molar-refractivity contribution is 7.98. The Balaban J connectivity index is -0.000000454. The van der Waals surface area contributed by atoms with Crippen LogP contribution in [0.15, 0.2) is 191 Å². The molecule has 0 saturated heterocycles. The fourth-order valence-electron chi connectivity index (χ4n) is 9.85. The minimum atomic E-state index is -0.200. The van der Waals surface area contributed by atoms with Crippen LogP contribution in [0.5, 0.6) is 0 Å². The first-order chi connectivity index (χ1) is 37.6. The SMILES string of the molecule is C=C(C)CCCC1=CCCC=C1.C=C(C)CCCCC(=C)C1=CCCC=C1.C=C1C(C)=C(C=C2CCCC(CC)CC2)C(C)(N)CC1C.C=C1C=C(/C=C/C(C)=C/C=C/CSC)C(C)(C)CC1C.C=CC.CC.CC.CC.CC. The van der Waals surface area contributed by atoms with Crippen LogP contribution in [0.3, 0.4) is 0 Å². The summed E-state index contributed by atoms with van der Waals surface area (Å²) in [5.41, 5.74) is 22.9. The Morgan fingerprint density at radius 1 is 0.772 bits per heavy atom. The van der Waals surface area contributed by atoms with Gasteiger partial charge in [-0.2, -0.15) is 11.8 Å². The lowest BCUT2D eigenvalue weighted by atomic mass is 9.70. The minimum absolute atomic E-state index is 0.200. The second kappa shape index (κ2) is 51.1. The van der Waals surface area contributed by atoms with E-state index in [1.807, 2.05) is 74.1 Å². The van der Waals surface area contributed by atoms with Crippen LogP contribution in [0.25, 0.3) is 0 Å². The summed E-state index contributed by atoms with van der Waals surface area (Å²) in [6.45, 7) is 63.9. The molecule has 5 aliphatic rings. The van der Waals surface area contributed by atoms with Gasteiger partial charge in [0.2, 0.25) is 0 Å². The molecule has 2 heteroatoms. The van der Waals surface area contributed by atoms with Crippen molar-refractivity contribution in [1.29, 1.82) is 0 Å². The van der Waals surface area contributed by atoms with Crippen molar-refractivity contribution in [1.82, 2.24) is 0 Å². The molecular formula is C77H131NS. The van der Waals surface area contributed by atoms with Crippen molar-refractivity contribution in [3.63, 3.8) is 0 Å². The van der Waals surface area contributed by atoms with Crippen molar-refractivity contribution >= 4 is 11.8 Å². The molecule has 5 rings (SSSR count). The molecule has 0 radical (unpaired) electrons. The molecule has 1 saturated carbocycles. The molecule has 79 heavy (non-hydrogen) atoms. The predicted octanol–water partition coefficient (Wildman–Crippen LogP) is 25.8. The van der Waals surface area contributed by atoms with E-state index in [0.717, 1.165) is 30.9 Å². The van der Waals surface area contributed by atoms with E-state index in [1.54, 1.807) is 11.6 Å². The molecular weight excluding hydrogens is 971 g/mol. The summed E-state index contributed by atoms with van der Waals surface area (Å²) in [7, 11) is 0. The number of rotatable bonds is 17. The summed E-state index contributed by atoms with van der Waals surface area (Å²) in [5.74, 6) is 3.09. The number of allylic oxidation sites excluding steroid dienone is 23. The zero-order valence-electron chi connectivity index (χ0n) is 56.2. The minimum Gasteiger partial charge on any atom is -0.322 e. The highest BCUT2D eigenvalue weighted by Gasteiger charge is 2.34. The van der Waals surface area contributed by atoms with Crippen molar-refractivity contribution < 1.29 is 0 Å². The van der Waals surface area contributed by atoms with Gasteiger partial charge in [-0.15, -0.1) is 19.7 Å². The molecule has 0 amide bonds. The lowest BCUT2D eigenvalue weighted by Gasteiger charge is -2.38. The largest absolute Gasteiger partial charge is 0.322 e. The second-order valence-corrected chi connectivity index (χ2v) is 23.2. The van der Waals surface area contributed by atoms with Crippen molar-refractivity contribution in [2.24, 2.45) is 28.9 Å². The van der Waals surface area contributed by atoms with Crippen LogP contribution >= 0.6 is 11.8 Å². The molecule has 0 aromatic carbocycles. The summed E-state index contributed by atoms with van der Waals surface area (Å²) in [4.78, 5) is 0. The van der Waals surface area contributed by atoms with E-state index in [-0.39, 0.29) is 11.0 Å².